The third-order valence-corrected chi connectivity index (χ3v) is 4.23. The zero-order valence-corrected chi connectivity index (χ0v) is 15.9. The van der Waals surface area contributed by atoms with Crippen LogP contribution in [0.15, 0.2) is 53.5 Å². The summed E-state index contributed by atoms with van der Waals surface area (Å²) in [6.45, 7) is 1.86. The van der Waals surface area contributed by atoms with Crippen LogP contribution in [-0.2, 0) is 16.0 Å². The molecule has 0 fully saturated rings. The van der Waals surface area contributed by atoms with Crippen LogP contribution in [0.5, 0.6) is 11.5 Å². The molecule has 3 rings (SSSR count). The van der Waals surface area contributed by atoms with Crippen molar-refractivity contribution in [3.8, 4) is 11.5 Å². The Morgan fingerprint density at radius 3 is 2.54 bits per heavy atom. The number of carboxylic acids is 1. The predicted octanol–water partition coefficient (Wildman–Crippen LogP) is 1.53. The summed E-state index contributed by atoms with van der Waals surface area (Å²) in [4.78, 5) is 29.1. The van der Waals surface area contributed by atoms with Gasteiger partial charge >= 0.3 is 0 Å². The lowest BCUT2D eigenvalue weighted by molar-refractivity contribution is -0.307. The molecule has 1 heterocycles. The fraction of sp³-hybridized carbons (Fsp3) is 0.200. The van der Waals surface area contributed by atoms with E-state index in [9.17, 15) is 14.7 Å². The van der Waals surface area contributed by atoms with E-state index >= 15 is 0 Å². The standard InChI is InChI=1S/C20H18N2O5S/c1-2-26-15-9-7-14(8-10-15)22-19(25)16(21-20(22)28)11-13-5-3-4-6-17(13)27-12-18(23)24/h3-10H,2,11-12H2,1H3,(H,23,24)/p-1. The molecule has 28 heavy (non-hydrogen) atoms. The summed E-state index contributed by atoms with van der Waals surface area (Å²) in [6.07, 6.45) is 0.162. The number of hydrogen-bond donors (Lipinski definition) is 0. The number of ether oxygens (including phenoxy) is 2. The first-order chi connectivity index (χ1) is 13.5. The van der Waals surface area contributed by atoms with E-state index in [0.717, 1.165) is 0 Å². The van der Waals surface area contributed by atoms with E-state index in [1.54, 1.807) is 48.5 Å². The maximum absolute atomic E-state index is 12.8. The van der Waals surface area contributed by atoms with Crippen molar-refractivity contribution in [1.82, 2.24) is 0 Å². The molecular formula is C20H17N2O5S-. The minimum Gasteiger partial charge on any atom is -0.546 e. The first kappa shape index (κ1) is 19.5. The lowest BCUT2D eigenvalue weighted by Gasteiger charge is -2.16. The normalized spacial score (nSPS) is 13.5. The molecule has 0 saturated carbocycles. The Balaban J connectivity index is 1.77. The van der Waals surface area contributed by atoms with Crippen LogP contribution in [0.1, 0.15) is 12.5 Å². The molecule has 0 atom stereocenters. The lowest BCUT2D eigenvalue weighted by Crippen LogP contribution is -2.33. The second-order valence-electron chi connectivity index (χ2n) is 5.85. The summed E-state index contributed by atoms with van der Waals surface area (Å²) in [5.41, 5.74) is 1.48. The van der Waals surface area contributed by atoms with E-state index in [2.05, 4.69) is 4.99 Å². The van der Waals surface area contributed by atoms with Gasteiger partial charge in [0.05, 0.1) is 18.3 Å². The third kappa shape index (κ3) is 4.34. The van der Waals surface area contributed by atoms with Crippen LogP contribution in [-0.4, -0.2) is 35.9 Å². The second kappa shape index (κ2) is 8.62. The number of amides is 1. The average molecular weight is 397 g/mol. The van der Waals surface area contributed by atoms with Gasteiger partial charge in [0, 0.05) is 12.0 Å². The third-order valence-electron chi connectivity index (χ3n) is 3.95. The van der Waals surface area contributed by atoms with E-state index in [0.29, 0.717) is 29.4 Å². The minimum atomic E-state index is -1.33. The topological polar surface area (TPSA) is 91.3 Å². The molecule has 0 unspecified atom stereocenters. The van der Waals surface area contributed by atoms with Gasteiger partial charge in [0.1, 0.15) is 23.8 Å². The first-order valence-electron chi connectivity index (χ1n) is 8.59. The molecule has 0 spiro atoms. The zero-order valence-electron chi connectivity index (χ0n) is 15.1. The smallest absolute Gasteiger partial charge is 0.279 e. The molecule has 1 aliphatic rings. The number of aliphatic carboxylic acids is 1. The van der Waals surface area contributed by atoms with Gasteiger partial charge in [-0.05, 0) is 49.5 Å². The van der Waals surface area contributed by atoms with Crippen LogP contribution in [0.2, 0.25) is 0 Å². The Bertz CT molecular complexity index is 940. The van der Waals surface area contributed by atoms with Gasteiger partial charge in [0.25, 0.3) is 5.91 Å². The predicted molar refractivity (Wildman–Crippen MR) is 106 cm³/mol. The maximum Gasteiger partial charge on any atom is 0.279 e. The van der Waals surface area contributed by atoms with Crippen molar-refractivity contribution in [2.45, 2.75) is 13.3 Å². The van der Waals surface area contributed by atoms with Crippen molar-refractivity contribution < 1.29 is 24.2 Å². The number of carbonyl (C=O) groups is 2. The second-order valence-corrected chi connectivity index (χ2v) is 6.22. The Morgan fingerprint density at radius 1 is 1.14 bits per heavy atom. The van der Waals surface area contributed by atoms with E-state index in [1.807, 2.05) is 6.92 Å². The van der Waals surface area contributed by atoms with Crippen LogP contribution in [0.25, 0.3) is 0 Å². The number of nitrogens with zero attached hydrogens (tertiary/aromatic N) is 2. The van der Waals surface area contributed by atoms with E-state index < -0.39 is 12.6 Å². The SMILES string of the molecule is CCOc1ccc(N2C(=O)C(Cc3ccccc3OCC(=O)[O-])=NC2=S)cc1. The highest BCUT2D eigenvalue weighted by Gasteiger charge is 2.32. The number of hydrogen-bond acceptors (Lipinski definition) is 6. The van der Waals surface area contributed by atoms with E-state index in [-0.39, 0.29) is 23.2 Å². The number of thiocarbonyl (C=S) groups is 1. The van der Waals surface area contributed by atoms with Gasteiger partial charge in [0.2, 0.25) is 5.11 Å². The van der Waals surface area contributed by atoms with Gasteiger partial charge < -0.3 is 19.4 Å². The minimum absolute atomic E-state index is 0.150. The van der Waals surface area contributed by atoms with Gasteiger partial charge in [-0.1, -0.05) is 18.2 Å². The van der Waals surface area contributed by atoms with Gasteiger partial charge in [-0.3, -0.25) is 9.69 Å². The van der Waals surface area contributed by atoms with E-state index in [4.69, 9.17) is 21.7 Å². The molecule has 8 heteroatoms. The number of rotatable bonds is 8. The highest BCUT2D eigenvalue weighted by molar-refractivity contribution is 7.80. The molecule has 0 N–H and O–H groups in total. The largest absolute Gasteiger partial charge is 0.546 e. The molecule has 144 valence electrons. The van der Waals surface area contributed by atoms with Crippen molar-refractivity contribution in [1.29, 1.82) is 0 Å². The van der Waals surface area contributed by atoms with Crippen molar-refractivity contribution in [2.75, 3.05) is 18.1 Å². The molecule has 2 aromatic carbocycles. The lowest BCUT2D eigenvalue weighted by atomic mass is 10.1. The fourth-order valence-electron chi connectivity index (χ4n) is 2.74. The van der Waals surface area contributed by atoms with Crippen LogP contribution in [0.3, 0.4) is 0 Å². The molecule has 0 bridgehead atoms. The Morgan fingerprint density at radius 2 is 1.86 bits per heavy atom. The molecule has 0 aliphatic carbocycles. The summed E-state index contributed by atoms with van der Waals surface area (Å²) in [6, 6.07) is 13.8. The number of benzene rings is 2. The van der Waals surface area contributed by atoms with Crippen molar-refractivity contribution in [3.05, 3.63) is 54.1 Å². The molecule has 0 saturated heterocycles. The summed E-state index contributed by atoms with van der Waals surface area (Å²) in [5, 5.41) is 10.8. The Hall–Kier alpha value is -3.26. The highest BCUT2D eigenvalue weighted by Crippen LogP contribution is 2.26. The van der Waals surface area contributed by atoms with Crippen LogP contribution < -0.4 is 19.5 Å². The number of para-hydroxylation sites is 1. The van der Waals surface area contributed by atoms with Gasteiger partial charge in [0.15, 0.2) is 0 Å². The summed E-state index contributed by atoms with van der Waals surface area (Å²) < 4.78 is 10.6. The van der Waals surface area contributed by atoms with Crippen molar-refractivity contribution in [2.24, 2.45) is 4.99 Å². The summed E-state index contributed by atoms with van der Waals surface area (Å²) in [7, 11) is 0. The van der Waals surface area contributed by atoms with Gasteiger partial charge in [-0.2, -0.15) is 0 Å². The number of carboxylic acid groups (broad SMARTS) is 1. The highest BCUT2D eigenvalue weighted by atomic mass is 32.1. The van der Waals surface area contributed by atoms with Gasteiger partial charge in [-0.25, -0.2) is 4.99 Å². The quantitative estimate of drug-likeness (QED) is 0.628. The van der Waals surface area contributed by atoms with Crippen molar-refractivity contribution >= 4 is 40.6 Å². The molecule has 0 radical (unpaired) electrons. The van der Waals surface area contributed by atoms with Gasteiger partial charge in [-0.15, -0.1) is 0 Å². The summed E-state index contributed by atoms with van der Waals surface area (Å²) >= 11 is 5.26. The van der Waals surface area contributed by atoms with Crippen LogP contribution in [0.4, 0.5) is 5.69 Å². The molecule has 2 aromatic rings. The first-order valence-corrected chi connectivity index (χ1v) is 8.99. The average Bonchev–Trinajstić information content (AvgIpc) is 2.95. The number of carbonyl (C=O) groups excluding carboxylic acids is 2. The van der Waals surface area contributed by atoms with Crippen molar-refractivity contribution in [3.63, 3.8) is 0 Å². The van der Waals surface area contributed by atoms with E-state index in [1.165, 1.54) is 4.90 Å². The number of aliphatic imine (C=N–C) groups is 1. The maximum atomic E-state index is 12.8. The monoisotopic (exact) mass is 397 g/mol. The molecule has 1 aliphatic heterocycles. The number of anilines is 1. The van der Waals surface area contributed by atoms with Crippen LogP contribution in [0, 0.1) is 0 Å². The Labute approximate surface area is 167 Å². The fourth-order valence-corrected chi connectivity index (χ4v) is 3.04. The zero-order chi connectivity index (χ0) is 20.1. The molecule has 7 nitrogen and oxygen atoms in total. The molecular weight excluding hydrogens is 380 g/mol. The summed E-state index contributed by atoms with van der Waals surface area (Å²) in [5.74, 6) is -0.604. The Kier molecular flexibility index (Phi) is 6.00. The molecule has 1 amide bonds. The molecule has 0 aromatic heterocycles. The van der Waals surface area contributed by atoms with Crippen LogP contribution >= 0.6 is 12.2 Å².